The highest BCUT2D eigenvalue weighted by Gasteiger charge is 2.14. The van der Waals surface area contributed by atoms with Gasteiger partial charge in [-0.2, -0.15) is 0 Å². The number of hydrogen-bond donors (Lipinski definition) is 0. The minimum Gasteiger partial charge on any atom is -0.494 e. The zero-order valence-electron chi connectivity index (χ0n) is 12.0. The first kappa shape index (κ1) is 15.0. The summed E-state index contributed by atoms with van der Waals surface area (Å²) < 4.78 is 16.2. The molecule has 0 saturated carbocycles. The number of ether oxygens (including phenoxy) is 3. The van der Waals surface area contributed by atoms with Crippen LogP contribution in [0, 0.1) is 5.92 Å². The number of carbonyl (C=O) groups excluding carboxylic acids is 1. The van der Waals surface area contributed by atoms with Crippen molar-refractivity contribution in [3.8, 4) is 5.75 Å². The van der Waals surface area contributed by atoms with Crippen LogP contribution in [0.4, 0.5) is 0 Å². The van der Waals surface area contributed by atoms with Crippen LogP contribution in [-0.4, -0.2) is 38.8 Å². The van der Waals surface area contributed by atoms with Crippen molar-refractivity contribution in [2.75, 3.05) is 33.0 Å². The van der Waals surface area contributed by atoms with Crippen LogP contribution in [0.1, 0.15) is 30.1 Å². The summed E-state index contributed by atoms with van der Waals surface area (Å²) in [5, 5.41) is 0. The van der Waals surface area contributed by atoms with E-state index in [1.165, 1.54) is 0 Å². The van der Waals surface area contributed by atoms with Gasteiger partial charge in [0.25, 0.3) is 0 Å². The standard InChI is InChI=1S/C16H22O4/c1-2-20-15-5-3-14(4-6-15)16(17)12-19-11-13-7-9-18-10-8-13/h3-6,13H,2,7-12H2,1H3. The van der Waals surface area contributed by atoms with Crippen LogP contribution in [0.5, 0.6) is 5.75 Å². The summed E-state index contributed by atoms with van der Waals surface area (Å²) >= 11 is 0. The smallest absolute Gasteiger partial charge is 0.188 e. The Morgan fingerprint density at radius 3 is 2.60 bits per heavy atom. The molecule has 20 heavy (non-hydrogen) atoms. The predicted molar refractivity (Wildman–Crippen MR) is 76.3 cm³/mol. The summed E-state index contributed by atoms with van der Waals surface area (Å²) in [7, 11) is 0. The molecule has 1 heterocycles. The molecular formula is C16H22O4. The Hall–Kier alpha value is -1.39. The van der Waals surface area contributed by atoms with E-state index in [4.69, 9.17) is 14.2 Å². The lowest BCUT2D eigenvalue weighted by atomic mass is 10.0. The van der Waals surface area contributed by atoms with Crippen LogP contribution in [0.15, 0.2) is 24.3 Å². The molecule has 1 saturated heterocycles. The van der Waals surface area contributed by atoms with Gasteiger partial charge in [0.05, 0.1) is 13.2 Å². The van der Waals surface area contributed by atoms with Crippen LogP contribution < -0.4 is 4.74 Å². The van der Waals surface area contributed by atoms with Crippen molar-refractivity contribution in [1.29, 1.82) is 0 Å². The molecule has 1 aliphatic rings. The maximum Gasteiger partial charge on any atom is 0.188 e. The van der Waals surface area contributed by atoms with E-state index in [0.29, 0.717) is 24.7 Å². The van der Waals surface area contributed by atoms with Crippen LogP contribution in [0.3, 0.4) is 0 Å². The maximum absolute atomic E-state index is 12.0. The molecule has 4 nitrogen and oxygen atoms in total. The van der Waals surface area contributed by atoms with Gasteiger partial charge >= 0.3 is 0 Å². The van der Waals surface area contributed by atoms with Gasteiger partial charge in [-0.25, -0.2) is 0 Å². The predicted octanol–water partition coefficient (Wildman–Crippen LogP) is 2.71. The van der Waals surface area contributed by atoms with Crippen molar-refractivity contribution < 1.29 is 19.0 Å². The van der Waals surface area contributed by atoms with Crippen molar-refractivity contribution in [1.82, 2.24) is 0 Å². The summed E-state index contributed by atoms with van der Waals surface area (Å²) in [5.41, 5.74) is 0.667. The highest BCUT2D eigenvalue weighted by atomic mass is 16.5. The molecular weight excluding hydrogens is 256 g/mol. The first-order chi connectivity index (χ1) is 9.79. The Balaban J connectivity index is 1.73. The third-order valence-electron chi connectivity index (χ3n) is 3.41. The average Bonchev–Trinajstić information content (AvgIpc) is 2.49. The molecule has 1 aromatic carbocycles. The van der Waals surface area contributed by atoms with Gasteiger partial charge in [-0.15, -0.1) is 0 Å². The van der Waals surface area contributed by atoms with Crippen LogP contribution >= 0.6 is 0 Å². The molecule has 110 valence electrons. The molecule has 0 amide bonds. The number of carbonyl (C=O) groups is 1. The summed E-state index contributed by atoms with van der Waals surface area (Å²) in [6.07, 6.45) is 2.05. The normalized spacial score (nSPS) is 16.1. The Labute approximate surface area is 120 Å². The molecule has 2 rings (SSSR count). The molecule has 0 atom stereocenters. The van der Waals surface area contributed by atoms with Crippen molar-refractivity contribution in [3.63, 3.8) is 0 Å². The third-order valence-corrected chi connectivity index (χ3v) is 3.41. The van der Waals surface area contributed by atoms with Gasteiger partial charge in [-0.3, -0.25) is 4.79 Å². The van der Waals surface area contributed by atoms with E-state index in [0.717, 1.165) is 31.8 Å². The summed E-state index contributed by atoms with van der Waals surface area (Å²) in [6.45, 7) is 4.96. The van der Waals surface area contributed by atoms with Gasteiger partial charge in [0, 0.05) is 18.8 Å². The molecule has 0 bridgehead atoms. The molecule has 0 aliphatic carbocycles. The minimum atomic E-state index is 0.0140. The molecule has 0 N–H and O–H groups in total. The summed E-state index contributed by atoms with van der Waals surface area (Å²) in [5.74, 6) is 1.32. The van der Waals surface area contributed by atoms with E-state index < -0.39 is 0 Å². The van der Waals surface area contributed by atoms with E-state index >= 15 is 0 Å². The van der Waals surface area contributed by atoms with Gasteiger partial charge in [0.15, 0.2) is 5.78 Å². The highest BCUT2D eigenvalue weighted by molar-refractivity contribution is 5.97. The lowest BCUT2D eigenvalue weighted by molar-refractivity contribution is 0.0216. The second kappa shape index (κ2) is 8.02. The first-order valence-corrected chi connectivity index (χ1v) is 7.21. The van der Waals surface area contributed by atoms with Crippen molar-refractivity contribution in [2.24, 2.45) is 5.92 Å². The van der Waals surface area contributed by atoms with Gasteiger partial charge in [-0.05, 0) is 49.9 Å². The first-order valence-electron chi connectivity index (χ1n) is 7.21. The van der Waals surface area contributed by atoms with Gasteiger partial charge < -0.3 is 14.2 Å². The number of Topliss-reactive ketones (excluding diaryl/α,β-unsaturated/α-hetero) is 1. The average molecular weight is 278 g/mol. The molecule has 1 aromatic rings. The van der Waals surface area contributed by atoms with Crippen LogP contribution in [-0.2, 0) is 9.47 Å². The van der Waals surface area contributed by atoms with Crippen LogP contribution in [0.2, 0.25) is 0 Å². The second-order valence-electron chi connectivity index (χ2n) is 4.95. The highest BCUT2D eigenvalue weighted by Crippen LogP contribution is 2.15. The fourth-order valence-electron chi connectivity index (χ4n) is 2.22. The SMILES string of the molecule is CCOc1ccc(C(=O)COCC2CCOCC2)cc1. The Morgan fingerprint density at radius 2 is 1.95 bits per heavy atom. The van der Waals surface area contributed by atoms with E-state index in [-0.39, 0.29) is 12.4 Å². The largest absolute Gasteiger partial charge is 0.494 e. The Morgan fingerprint density at radius 1 is 1.25 bits per heavy atom. The molecule has 0 aromatic heterocycles. The molecule has 1 fully saturated rings. The zero-order valence-corrected chi connectivity index (χ0v) is 12.0. The lowest BCUT2D eigenvalue weighted by Crippen LogP contribution is -2.21. The van der Waals surface area contributed by atoms with Crippen molar-refractivity contribution in [2.45, 2.75) is 19.8 Å². The summed E-state index contributed by atoms with van der Waals surface area (Å²) in [6, 6.07) is 7.20. The molecule has 1 aliphatic heterocycles. The fourth-order valence-corrected chi connectivity index (χ4v) is 2.22. The van der Waals surface area contributed by atoms with Crippen molar-refractivity contribution in [3.05, 3.63) is 29.8 Å². The third kappa shape index (κ3) is 4.62. The topological polar surface area (TPSA) is 44.8 Å². The van der Waals surface area contributed by atoms with E-state index in [1.54, 1.807) is 12.1 Å². The monoisotopic (exact) mass is 278 g/mol. The van der Waals surface area contributed by atoms with Gasteiger partial charge in [0.1, 0.15) is 12.4 Å². The van der Waals surface area contributed by atoms with E-state index in [9.17, 15) is 4.79 Å². The Bertz CT molecular complexity index is 407. The van der Waals surface area contributed by atoms with Gasteiger partial charge in [-0.1, -0.05) is 0 Å². The molecule has 0 unspecified atom stereocenters. The second-order valence-corrected chi connectivity index (χ2v) is 4.95. The minimum absolute atomic E-state index is 0.0140. The molecule has 4 heteroatoms. The zero-order chi connectivity index (χ0) is 14.2. The number of rotatable bonds is 7. The number of hydrogen-bond acceptors (Lipinski definition) is 4. The van der Waals surface area contributed by atoms with E-state index in [2.05, 4.69) is 0 Å². The number of ketones is 1. The summed E-state index contributed by atoms with van der Waals surface area (Å²) in [4.78, 5) is 12.0. The Kier molecular flexibility index (Phi) is 6.02. The maximum atomic E-state index is 12.0. The quantitative estimate of drug-likeness (QED) is 0.719. The lowest BCUT2D eigenvalue weighted by Gasteiger charge is -2.21. The van der Waals surface area contributed by atoms with Crippen molar-refractivity contribution >= 4 is 5.78 Å². The molecule has 0 radical (unpaired) electrons. The van der Waals surface area contributed by atoms with Gasteiger partial charge in [0.2, 0.25) is 0 Å². The fraction of sp³-hybridized carbons (Fsp3) is 0.562. The van der Waals surface area contributed by atoms with E-state index in [1.807, 2.05) is 19.1 Å². The molecule has 0 spiro atoms. The van der Waals surface area contributed by atoms with Crippen LogP contribution in [0.25, 0.3) is 0 Å². The number of benzene rings is 1.